The number of amidine groups is 1. The molecule has 0 radical (unpaired) electrons. The molecule has 0 spiro atoms. The molecule has 2 fully saturated rings. The van der Waals surface area contributed by atoms with Gasteiger partial charge in [-0.2, -0.15) is 21.6 Å². The van der Waals surface area contributed by atoms with Crippen LogP contribution >= 0.6 is 0 Å². The van der Waals surface area contributed by atoms with E-state index in [9.17, 15) is 21.6 Å². The molecule has 1 unspecified atom stereocenters. The topological polar surface area (TPSA) is 115 Å². The highest BCUT2D eigenvalue weighted by Crippen LogP contribution is 2.44. The highest BCUT2D eigenvalue weighted by molar-refractivity contribution is 7.91. The lowest BCUT2D eigenvalue weighted by Gasteiger charge is -2.33. The van der Waals surface area contributed by atoms with Crippen molar-refractivity contribution in [2.45, 2.75) is 50.6 Å². The van der Waals surface area contributed by atoms with E-state index in [1.165, 1.54) is 17.5 Å². The minimum atomic E-state index is -4.59. The van der Waals surface area contributed by atoms with E-state index >= 15 is 0 Å². The molecule has 2 atom stereocenters. The van der Waals surface area contributed by atoms with Crippen LogP contribution in [0.3, 0.4) is 0 Å². The van der Waals surface area contributed by atoms with Crippen LogP contribution in [0.1, 0.15) is 48.9 Å². The third-order valence-corrected chi connectivity index (χ3v) is 7.89. The second-order valence-electron chi connectivity index (χ2n) is 9.30. The molecule has 2 aliphatic heterocycles. The molecule has 0 aromatic heterocycles. The monoisotopic (exact) mass is 540 g/mol. The number of nitrogens with zero attached hydrogens (tertiary/aromatic N) is 2. The number of fused-ring (bicyclic) bond motifs is 1. The fourth-order valence-electron chi connectivity index (χ4n) is 4.46. The maximum atomic E-state index is 13.4. The summed E-state index contributed by atoms with van der Waals surface area (Å²) in [6.45, 7) is 2.55. The molecule has 13 heteroatoms. The van der Waals surface area contributed by atoms with Crippen LogP contribution < -0.4 is 24.2 Å². The number of rotatable bonds is 6. The van der Waals surface area contributed by atoms with Gasteiger partial charge in [-0.25, -0.2) is 9.03 Å². The normalized spacial score (nSPS) is 22.9. The van der Waals surface area contributed by atoms with Crippen LogP contribution in [0, 0.1) is 0 Å². The number of nitrogens with one attached hydrogen (secondary N) is 1. The summed E-state index contributed by atoms with van der Waals surface area (Å²) in [6, 6.07) is 5.38. The zero-order valence-electron chi connectivity index (χ0n) is 20.2. The molecule has 2 aromatic rings. The Balaban J connectivity index is 1.61. The number of halogens is 3. The summed E-state index contributed by atoms with van der Waals surface area (Å²) in [4.78, 5) is 4.51. The van der Waals surface area contributed by atoms with Crippen LogP contribution in [0.2, 0.25) is 0 Å². The Morgan fingerprint density at radius 3 is 2.54 bits per heavy atom. The number of nitrogens with two attached hydrogens (primary N) is 1. The number of hydrogen-bond donors (Lipinski definition) is 2. The van der Waals surface area contributed by atoms with Gasteiger partial charge in [0.25, 0.3) is 0 Å². The van der Waals surface area contributed by atoms with Gasteiger partial charge in [-0.05, 0) is 49.6 Å². The number of alkyl halides is 3. The first kappa shape index (κ1) is 25.5. The van der Waals surface area contributed by atoms with Crippen molar-refractivity contribution in [3.63, 3.8) is 0 Å². The average molecular weight is 541 g/mol. The highest BCUT2D eigenvalue weighted by atomic mass is 32.2. The van der Waals surface area contributed by atoms with Gasteiger partial charge in [-0.15, -0.1) is 0 Å². The van der Waals surface area contributed by atoms with Crippen LogP contribution in [-0.4, -0.2) is 46.7 Å². The summed E-state index contributed by atoms with van der Waals surface area (Å²) in [5.74, 6) is 0.731. The largest absolute Gasteiger partial charge is 0.493 e. The summed E-state index contributed by atoms with van der Waals surface area (Å²) in [5, 5.41) is 0. The van der Waals surface area contributed by atoms with Gasteiger partial charge in [0.05, 0.1) is 37.6 Å². The zero-order chi connectivity index (χ0) is 26.5. The zero-order valence-corrected chi connectivity index (χ0v) is 21.0. The van der Waals surface area contributed by atoms with E-state index in [1.54, 1.807) is 19.1 Å². The number of hydrogen-bond acceptors (Lipinski definition) is 7. The predicted octanol–water partition coefficient (Wildman–Crippen LogP) is 3.79. The molecule has 1 saturated heterocycles. The number of nitrogen functional groups attached to an aromatic ring is 1. The first-order valence-electron chi connectivity index (χ1n) is 11.8. The molecule has 0 bridgehead atoms. The minimum Gasteiger partial charge on any atom is -0.493 e. The van der Waals surface area contributed by atoms with E-state index in [0.717, 1.165) is 12.1 Å². The van der Waals surface area contributed by atoms with Crippen molar-refractivity contribution in [3.05, 3.63) is 47.0 Å². The standard InChI is InChI=1S/C24H27F3N4O5S/c1-13(14-7-15(24(25,26)27)9-16(28)8-14)29-23-19-10-22(36-18-5-6-35-12-18)21(34-2)11-20(19)31(17-3-4-17)37(32,33)30-23/h7-11,13,17-18H,3-6,12,28H2,1-2H3,(H,29,30)/t13-,18?/m1/s1. The van der Waals surface area contributed by atoms with Crippen molar-refractivity contribution in [2.75, 3.05) is 30.4 Å². The van der Waals surface area contributed by atoms with E-state index < -0.39 is 28.0 Å². The van der Waals surface area contributed by atoms with Gasteiger partial charge in [0.2, 0.25) is 0 Å². The fraction of sp³-hybridized carbons (Fsp3) is 0.458. The Kier molecular flexibility index (Phi) is 6.39. The van der Waals surface area contributed by atoms with Gasteiger partial charge in [-0.1, -0.05) is 0 Å². The molecular formula is C24H27F3N4O5S. The van der Waals surface area contributed by atoms with E-state index in [-0.39, 0.29) is 29.2 Å². The fourth-order valence-corrected chi connectivity index (χ4v) is 5.98. The maximum Gasteiger partial charge on any atom is 0.416 e. The second kappa shape index (κ2) is 9.28. The molecule has 3 N–H and O–H groups in total. The van der Waals surface area contributed by atoms with Gasteiger partial charge in [-0.3, -0.25) is 4.99 Å². The molecule has 2 heterocycles. The minimum absolute atomic E-state index is 0.00874. The second-order valence-corrected chi connectivity index (χ2v) is 10.8. The summed E-state index contributed by atoms with van der Waals surface area (Å²) in [5.41, 5.74) is 5.74. The van der Waals surface area contributed by atoms with Crippen molar-refractivity contribution in [3.8, 4) is 11.5 Å². The van der Waals surface area contributed by atoms with Gasteiger partial charge < -0.3 is 19.9 Å². The SMILES string of the molecule is COc1cc2c(cc1OC1CCOC1)C(=N[C@H](C)c1cc(N)cc(C(F)(F)F)c1)NS(=O)(=O)N2C1CC1. The lowest BCUT2D eigenvalue weighted by Crippen LogP contribution is -2.50. The van der Waals surface area contributed by atoms with Gasteiger partial charge in [0.15, 0.2) is 11.5 Å². The molecule has 37 heavy (non-hydrogen) atoms. The Hall–Kier alpha value is -3.19. The lowest BCUT2D eigenvalue weighted by atomic mass is 10.0. The third kappa shape index (κ3) is 5.14. The molecule has 9 nitrogen and oxygen atoms in total. The predicted molar refractivity (Wildman–Crippen MR) is 131 cm³/mol. The lowest BCUT2D eigenvalue weighted by molar-refractivity contribution is -0.137. The van der Waals surface area contributed by atoms with E-state index in [4.69, 9.17) is 19.9 Å². The van der Waals surface area contributed by atoms with Crippen molar-refractivity contribution < 1.29 is 35.8 Å². The Morgan fingerprint density at radius 2 is 1.92 bits per heavy atom. The summed E-state index contributed by atoms with van der Waals surface area (Å²) in [6.07, 6.45) is -2.69. The number of ether oxygens (including phenoxy) is 3. The van der Waals surface area contributed by atoms with Gasteiger partial charge >= 0.3 is 16.4 Å². The molecule has 2 aromatic carbocycles. The quantitative estimate of drug-likeness (QED) is 0.539. The molecule has 1 saturated carbocycles. The third-order valence-electron chi connectivity index (χ3n) is 6.43. The number of methoxy groups -OCH3 is 1. The van der Waals surface area contributed by atoms with Crippen LogP contribution in [0.25, 0.3) is 0 Å². The van der Waals surface area contributed by atoms with Crippen molar-refractivity contribution >= 4 is 27.4 Å². The smallest absolute Gasteiger partial charge is 0.416 e. The van der Waals surface area contributed by atoms with Crippen LogP contribution in [-0.2, 0) is 21.1 Å². The summed E-state index contributed by atoms with van der Waals surface area (Å²) >= 11 is 0. The molecule has 0 amide bonds. The molecule has 200 valence electrons. The number of aliphatic imine (C=N–C) groups is 1. The Morgan fingerprint density at radius 1 is 1.16 bits per heavy atom. The first-order valence-corrected chi connectivity index (χ1v) is 13.2. The van der Waals surface area contributed by atoms with E-state index in [2.05, 4.69) is 9.71 Å². The first-order chi connectivity index (χ1) is 17.5. The van der Waals surface area contributed by atoms with Crippen molar-refractivity contribution in [1.82, 2.24) is 4.72 Å². The number of benzene rings is 2. The van der Waals surface area contributed by atoms with Crippen LogP contribution in [0.4, 0.5) is 24.5 Å². The van der Waals surface area contributed by atoms with E-state index in [1.807, 2.05) is 0 Å². The molecule has 1 aliphatic carbocycles. The molecule has 5 rings (SSSR count). The number of anilines is 2. The molecular weight excluding hydrogens is 513 g/mol. The van der Waals surface area contributed by atoms with Gasteiger partial charge in [0, 0.05) is 29.8 Å². The Labute approximate surface area is 212 Å². The van der Waals surface area contributed by atoms with E-state index in [0.29, 0.717) is 55.2 Å². The summed E-state index contributed by atoms with van der Waals surface area (Å²) in [7, 11) is -2.55. The van der Waals surface area contributed by atoms with Crippen LogP contribution in [0.15, 0.2) is 35.3 Å². The molecule has 3 aliphatic rings. The maximum absolute atomic E-state index is 13.4. The van der Waals surface area contributed by atoms with Crippen molar-refractivity contribution in [2.24, 2.45) is 4.99 Å². The summed E-state index contributed by atoms with van der Waals surface area (Å²) < 4.78 is 87.3. The highest BCUT2D eigenvalue weighted by Gasteiger charge is 2.43. The average Bonchev–Trinajstić information content (AvgIpc) is 3.51. The Bertz CT molecular complexity index is 1340. The van der Waals surface area contributed by atoms with Crippen LogP contribution in [0.5, 0.6) is 11.5 Å². The van der Waals surface area contributed by atoms with Gasteiger partial charge in [0.1, 0.15) is 11.9 Å². The van der Waals surface area contributed by atoms with Crippen molar-refractivity contribution in [1.29, 1.82) is 0 Å².